The number of hydrogen-bond acceptors (Lipinski definition) is 4. The van der Waals surface area contributed by atoms with Crippen molar-refractivity contribution in [3.05, 3.63) is 65.2 Å². The molecule has 0 saturated carbocycles. The Morgan fingerprint density at radius 2 is 1.64 bits per heavy atom. The van der Waals surface area contributed by atoms with Crippen LogP contribution in [0.1, 0.15) is 35.3 Å². The fraction of sp³-hybridized carbons (Fsp3) is 0.250. The summed E-state index contributed by atoms with van der Waals surface area (Å²) in [5.41, 5.74) is 2.02. The molecule has 5 heteroatoms. The van der Waals surface area contributed by atoms with Crippen LogP contribution in [0.2, 0.25) is 0 Å². The van der Waals surface area contributed by atoms with E-state index in [9.17, 15) is 9.59 Å². The number of amides is 1. The van der Waals surface area contributed by atoms with Gasteiger partial charge in [0.15, 0.2) is 0 Å². The lowest BCUT2D eigenvalue weighted by molar-refractivity contribution is -0.137. The topological polar surface area (TPSA) is 79.2 Å². The second-order valence-corrected chi connectivity index (χ2v) is 6.12. The SMILES string of the molecule is Cc1ccc(C(=O)NC(C(=O)Oc2ccc(C#N)cc2)C(C)C)cc1. The Morgan fingerprint density at radius 1 is 1.04 bits per heavy atom. The molecule has 0 aliphatic carbocycles. The largest absolute Gasteiger partial charge is 0.425 e. The maximum absolute atomic E-state index is 12.4. The van der Waals surface area contributed by atoms with Crippen molar-refractivity contribution in [2.24, 2.45) is 5.92 Å². The Balaban J connectivity index is 2.08. The van der Waals surface area contributed by atoms with Crippen molar-refractivity contribution < 1.29 is 14.3 Å². The van der Waals surface area contributed by atoms with E-state index in [1.54, 1.807) is 36.4 Å². The number of carbonyl (C=O) groups is 2. The summed E-state index contributed by atoms with van der Waals surface area (Å²) in [5.74, 6) is -0.671. The van der Waals surface area contributed by atoms with Gasteiger partial charge >= 0.3 is 5.97 Å². The molecule has 2 aromatic rings. The number of hydrogen-bond donors (Lipinski definition) is 1. The van der Waals surface area contributed by atoms with Gasteiger partial charge in [-0.05, 0) is 49.2 Å². The Labute approximate surface area is 147 Å². The standard InChI is InChI=1S/C20H20N2O3/c1-13(2)18(22-19(23)16-8-4-14(3)5-9-16)20(24)25-17-10-6-15(12-21)7-11-17/h4-11,13,18H,1-3H3,(H,22,23). The molecule has 0 heterocycles. The van der Waals surface area contributed by atoms with Crippen molar-refractivity contribution in [1.82, 2.24) is 5.32 Å². The molecule has 2 aromatic carbocycles. The number of ether oxygens (including phenoxy) is 1. The Kier molecular flexibility index (Phi) is 5.91. The van der Waals surface area contributed by atoms with Gasteiger partial charge in [0.2, 0.25) is 0 Å². The second kappa shape index (κ2) is 8.11. The average Bonchev–Trinajstić information content (AvgIpc) is 2.60. The maximum atomic E-state index is 12.4. The Bertz CT molecular complexity index is 787. The van der Waals surface area contributed by atoms with Crippen LogP contribution < -0.4 is 10.1 Å². The molecule has 128 valence electrons. The van der Waals surface area contributed by atoms with E-state index in [0.29, 0.717) is 16.9 Å². The minimum Gasteiger partial charge on any atom is -0.425 e. The molecule has 0 fully saturated rings. The highest BCUT2D eigenvalue weighted by atomic mass is 16.5. The van der Waals surface area contributed by atoms with Gasteiger partial charge in [0, 0.05) is 5.56 Å². The molecule has 1 unspecified atom stereocenters. The molecule has 2 rings (SSSR count). The number of carbonyl (C=O) groups excluding carboxylic acids is 2. The molecule has 25 heavy (non-hydrogen) atoms. The van der Waals surface area contributed by atoms with Gasteiger partial charge in [0.1, 0.15) is 11.8 Å². The van der Waals surface area contributed by atoms with Crippen LogP contribution in [0.15, 0.2) is 48.5 Å². The first kappa shape index (κ1) is 18.2. The van der Waals surface area contributed by atoms with Gasteiger partial charge in [0.25, 0.3) is 5.91 Å². The van der Waals surface area contributed by atoms with Crippen LogP contribution in [0.4, 0.5) is 0 Å². The zero-order valence-electron chi connectivity index (χ0n) is 14.4. The van der Waals surface area contributed by atoms with Crippen LogP contribution in [-0.2, 0) is 4.79 Å². The number of nitrogens with one attached hydrogen (secondary N) is 1. The van der Waals surface area contributed by atoms with Gasteiger partial charge in [-0.3, -0.25) is 4.79 Å². The van der Waals surface area contributed by atoms with Crippen molar-refractivity contribution in [3.63, 3.8) is 0 Å². The first-order chi connectivity index (χ1) is 11.9. The highest BCUT2D eigenvalue weighted by molar-refractivity contribution is 5.97. The molecule has 0 aliphatic rings. The molecule has 0 saturated heterocycles. The van der Waals surface area contributed by atoms with Gasteiger partial charge in [-0.2, -0.15) is 5.26 Å². The van der Waals surface area contributed by atoms with E-state index >= 15 is 0 Å². The van der Waals surface area contributed by atoms with Gasteiger partial charge in [-0.1, -0.05) is 31.5 Å². The highest BCUT2D eigenvalue weighted by Gasteiger charge is 2.26. The summed E-state index contributed by atoms with van der Waals surface area (Å²) in [5, 5.41) is 11.5. The van der Waals surface area contributed by atoms with Crippen molar-refractivity contribution in [1.29, 1.82) is 5.26 Å². The van der Waals surface area contributed by atoms with Crippen molar-refractivity contribution in [3.8, 4) is 11.8 Å². The fourth-order valence-corrected chi connectivity index (χ4v) is 2.20. The third-order valence-corrected chi connectivity index (χ3v) is 3.72. The molecule has 5 nitrogen and oxygen atoms in total. The molecule has 0 bridgehead atoms. The number of benzene rings is 2. The van der Waals surface area contributed by atoms with Crippen LogP contribution in [-0.4, -0.2) is 17.9 Å². The third-order valence-electron chi connectivity index (χ3n) is 3.72. The van der Waals surface area contributed by atoms with Crippen LogP contribution in [0.25, 0.3) is 0 Å². The second-order valence-electron chi connectivity index (χ2n) is 6.12. The summed E-state index contributed by atoms with van der Waals surface area (Å²) in [6, 6.07) is 14.6. The molecular weight excluding hydrogens is 316 g/mol. The Hall–Kier alpha value is -3.13. The van der Waals surface area contributed by atoms with E-state index in [-0.39, 0.29) is 11.8 Å². The summed E-state index contributed by atoms with van der Waals surface area (Å²) in [6.45, 7) is 5.60. The van der Waals surface area contributed by atoms with Gasteiger partial charge in [-0.15, -0.1) is 0 Å². The van der Waals surface area contributed by atoms with Gasteiger partial charge < -0.3 is 10.1 Å². The summed E-state index contributed by atoms with van der Waals surface area (Å²) < 4.78 is 5.33. The van der Waals surface area contributed by atoms with E-state index in [1.165, 1.54) is 0 Å². The molecule has 1 N–H and O–H groups in total. The molecular formula is C20H20N2O3. The highest BCUT2D eigenvalue weighted by Crippen LogP contribution is 2.14. The molecule has 0 aliphatic heterocycles. The quantitative estimate of drug-likeness (QED) is 0.671. The van der Waals surface area contributed by atoms with Crippen molar-refractivity contribution >= 4 is 11.9 Å². The van der Waals surface area contributed by atoms with E-state index < -0.39 is 12.0 Å². The minimum atomic E-state index is -0.774. The van der Waals surface area contributed by atoms with Crippen LogP contribution in [0, 0.1) is 24.2 Å². The molecule has 0 aromatic heterocycles. The molecule has 0 radical (unpaired) electrons. The third kappa shape index (κ3) is 4.92. The van der Waals surface area contributed by atoms with Crippen LogP contribution in [0.5, 0.6) is 5.75 Å². The smallest absolute Gasteiger partial charge is 0.334 e. The van der Waals surface area contributed by atoms with Crippen molar-refractivity contribution in [2.45, 2.75) is 26.8 Å². The maximum Gasteiger partial charge on any atom is 0.334 e. The lowest BCUT2D eigenvalue weighted by Gasteiger charge is -2.20. The zero-order valence-corrected chi connectivity index (χ0v) is 14.4. The fourth-order valence-electron chi connectivity index (χ4n) is 2.20. The van der Waals surface area contributed by atoms with Gasteiger partial charge in [0.05, 0.1) is 11.6 Å². The molecule has 1 amide bonds. The van der Waals surface area contributed by atoms with E-state index in [0.717, 1.165) is 5.56 Å². The Morgan fingerprint density at radius 3 is 2.16 bits per heavy atom. The number of rotatable bonds is 5. The predicted molar refractivity (Wildman–Crippen MR) is 94.1 cm³/mol. The van der Waals surface area contributed by atoms with Crippen LogP contribution in [0.3, 0.4) is 0 Å². The zero-order chi connectivity index (χ0) is 18.4. The first-order valence-electron chi connectivity index (χ1n) is 8.00. The van der Waals surface area contributed by atoms with E-state index in [2.05, 4.69) is 5.32 Å². The normalized spacial score (nSPS) is 11.5. The minimum absolute atomic E-state index is 0.139. The van der Waals surface area contributed by atoms with Crippen LogP contribution >= 0.6 is 0 Å². The number of nitriles is 1. The summed E-state index contributed by atoms with van der Waals surface area (Å²) in [6.07, 6.45) is 0. The lowest BCUT2D eigenvalue weighted by atomic mass is 10.0. The summed E-state index contributed by atoms with van der Waals surface area (Å²) >= 11 is 0. The molecule has 0 spiro atoms. The lowest BCUT2D eigenvalue weighted by Crippen LogP contribution is -2.46. The van der Waals surface area contributed by atoms with Gasteiger partial charge in [-0.25, -0.2) is 4.79 Å². The first-order valence-corrected chi connectivity index (χ1v) is 8.00. The van der Waals surface area contributed by atoms with E-state index in [4.69, 9.17) is 10.00 Å². The van der Waals surface area contributed by atoms with E-state index in [1.807, 2.05) is 39.0 Å². The van der Waals surface area contributed by atoms with Crippen molar-refractivity contribution in [2.75, 3.05) is 0 Å². The summed E-state index contributed by atoms with van der Waals surface area (Å²) in [4.78, 5) is 24.8. The number of aryl methyl sites for hydroxylation is 1. The number of nitrogens with zero attached hydrogens (tertiary/aromatic N) is 1. The predicted octanol–water partition coefficient (Wildman–Crippen LogP) is 3.23. The average molecular weight is 336 g/mol. The molecule has 1 atom stereocenters. The monoisotopic (exact) mass is 336 g/mol. The number of esters is 1. The summed E-state index contributed by atoms with van der Waals surface area (Å²) in [7, 11) is 0.